The molecule has 0 spiro atoms. The third-order valence-electron chi connectivity index (χ3n) is 6.47. The molecule has 1 N–H and O–H groups in total. The molecule has 0 aromatic heterocycles. The molecule has 182 valence electrons. The number of hydrogen-bond donors (Lipinski definition) is 1. The summed E-state index contributed by atoms with van der Waals surface area (Å²) in [6.45, 7) is 5.17. The molecule has 2 aromatic carbocycles. The van der Waals surface area contributed by atoms with Crippen LogP contribution in [0.3, 0.4) is 0 Å². The zero-order valence-electron chi connectivity index (χ0n) is 18.8. The maximum absolute atomic E-state index is 15.5. The number of nitrogens with one attached hydrogen (secondary N) is 1. The highest BCUT2D eigenvalue weighted by molar-refractivity contribution is 7.90. The van der Waals surface area contributed by atoms with Gasteiger partial charge in [-0.05, 0) is 48.9 Å². The lowest BCUT2D eigenvalue weighted by molar-refractivity contribution is -0.128. The summed E-state index contributed by atoms with van der Waals surface area (Å²) < 4.78 is 72.0. The number of hydrogen-bond acceptors (Lipinski definition) is 3. The van der Waals surface area contributed by atoms with E-state index in [1.807, 2.05) is 0 Å². The van der Waals surface area contributed by atoms with E-state index in [0.29, 0.717) is 24.8 Å². The summed E-state index contributed by atoms with van der Waals surface area (Å²) in [5, 5.41) is -0.566. The summed E-state index contributed by atoms with van der Waals surface area (Å²) in [6, 6.07) is 7.97. The average Bonchev–Trinajstić information content (AvgIpc) is 3.62. The van der Waals surface area contributed by atoms with E-state index >= 15 is 8.78 Å². The van der Waals surface area contributed by atoms with Crippen LogP contribution in [0.15, 0.2) is 54.6 Å². The Morgan fingerprint density at radius 2 is 1.88 bits per heavy atom. The lowest BCUT2D eigenvalue weighted by atomic mass is 9.95. The number of halogens is 3. The van der Waals surface area contributed by atoms with Crippen LogP contribution in [0, 0.1) is 11.6 Å². The van der Waals surface area contributed by atoms with Gasteiger partial charge in [0.2, 0.25) is 15.9 Å². The van der Waals surface area contributed by atoms with E-state index in [0.717, 1.165) is 0 Å². The van der Waals surface area contributed by atoms with Crippen LogP contribution in [0.25, 0.3) is 11.1 Å². The first kappa shape index (κ1) is 24.5. The van der Waals surface area contributed by atoms with Gasteiger partial charge in [-0.15, -0.1) is 0 Å². The Balaban J connectivity index is 1.69. The molecule has 1 heterocycles. The van der Waals surface area contributed by atoms with Gasteiger partial charge in [0.05, 0.1) is 23.9 Å². The maximum atomic E-state index is 15.5. The van der Waals surface area contributed by atoms with E-state index in [4.69, 9.17) is 0 Å². The summed E-state index contributed by atoms with van der Waals surface area (Å²) in [5.41, 5.74) is 0.943. The fourth-order valence-electron chi connectivity index (χ4n) is 4.36. The standard InChI is InChI=1S/C25H27F3N2O3S/c1-3-15(2)25(31)30-14-21(27)24(29-34(32,33)19-10-11-19)22(30)13-17-7-5-9-20(23(17)28)16-6-4-8-18(26)12-16/h4-9,12,19,21-22,24,29H,2-3,10-11,13-14H2,1H3/t21-,22-,24-/m0/s1. The minimum Gasteiger partial charge on any atom is -0.331 e. The third-order valence-corrected chi connectivity index (χ3v) is 8.42. The molecule has 1 amide bonds. The predicted octanol–water partition coefficient (Wildman–Crippen LogP) is 4.14. The van der Waals surface area contributed by atoms with Crippen LogP contribution >= 0.6 is 0 Å². The molecule has 1 saturated heterocycles. The smallest absolute Gasteiger partial charge is 0.249 e. The van der Waals surface area contributed by atoms with Gasteiger partial charge in [0, 0.05) is 11.1 Å². The van der Waals surface area contributed by atoms with E-state index in [2.05, 4.69) is 11.3 Å². The Morgan fingerprint density at radius 1 is 1.18 bits per heavy atom. The second-order valence-corrected chi connectivity index (χ2v) is 10.9. The number of carbonyl (C=O) groups is 1. The Labute approximate surface area is 197 Å². The molecule has 2 aliphatic rings. The minimum absolute atomic E-state index is 0.115. The zero-order valence-corrected chi connectivity index (χ0v) is 19.6. The Kier molecular flexibility index (Phi) is 6.87. The highest BCUT2D eigenvalue weighted by Gasteiger charge is 2.48. The minimum atomic E-state index is -3.76. The van der Waals surface area contributed by atoms with Crippen molar-refractivity contribution in [2.75, 3.05) is 6.54 Å². The van der Waals surface area contributed by atoms with E-state index in [1.165, 1.54) is 35.2 Å². The van der Waals surface area contributed by atoms with Gasteiger partial charge in [0.25, 0.3) is 0 Å². The van der Waals surface area contributed by atoms with Crippen molar-refractivity contribution in [3.05, 3.63) is 71.8 Å². The molecule has 1 aliphatic heterocycles. The van der Waals surface area contributed by atoms with Gasteiger partial charge < -0.3 is 4.90 Å². The van der Waals surface area contributed by atoms with Gasteiger partial charge in [0.15, 0.2) is 0 Å². The third kappa shape index (κ3) is 4.90. The fourth-order valence-corrected chi connectivity index (χ4v) is 5.99. The molecule has 1 aliphatic carbocycles. The van der Waals surface area contributed by atoms with Crippen LogP contribution in [0.4, 0.5) is 13.2 Å². The number of sulfonamides is 1. The van der Waals surface area contributed by atoms with Gasteiger partial charge in [-0.25, -0.2) is 26.3 Å². The van der Waals surface area contributed by atoms with Gasteiger partial charge >= 0.3 is 0 Å². The van der Waals surface area contributed by atoms with Crippen LogP contribution in [0.2, 0.25) is 0 Å². The van der Waals surface area contributed by atoms with Crippen LogP contribution in [0.5, 0.6) is 0 Å². The molecule has 0 bridgehead atoms. The normalized spacial score (nSPS) is 22.7. The van der Waals surface area contributed by atoms with Gasteiger partial charge in [-0.1, -0.05) is 43.8 Å². The SMILES string of the molecule is C=C(CC)C(=O)N1C[C@H](F)[C@H](NS(=O)(=O)C2CC2)[C@@H]1Cc1cccc(-c2cccc(F)c2)c1F. The topological polar surface area (TPSA) is 66.5 Å². The van der Waals surface area contributed by atoms with Gasteiger partial charge in [0.1, 0.15) is 17.8 Å². The summed E-state index contributed by atoms with van der Waals surface area (Å²) in [5.74, 6) is -1.62. The highest BCUT2D eigenvalue weighted by Crippen LogP contribution is 2.33. The fraction of sp³-hybridized carbons (Fsp3) is 0.400. The summed E-state index contributed by atoms with van der Waals surface area (Å²) >= 11 is 0. The number of benzene rings is 2. The average molecular weight is 493 g/mol. The monoisotopic (exact) mass is 492 g/mol. The molecule has 5 nitrogen and oxygen atoms in total. The quantitative estimate of drug-likeness (QED) is 0.564. The summed E-state index contributed by atoms with van der Waals surface area (Å²) in [4.78, 5) is 14.2. The van der Waals surface area contributed by atoms with Crippen molar-refractivity contribution in [3.63, 3.8) is 0 Å². The molecular formula is C25H27F3N2O3S. The number of nitrogens with zero attached hydrogens (tertiary/aromatic N) is 1. The largest absolute Gasteiger partial charge is 0.331 e. The first-order valence-electron chi connectivity index (χ1n) is 11.3. The molecule has 1 saturated carbocycles. The molecule has 2 fully saturated rings. The van der Waals surface area contributed by atoms with Crippen LogP contribution in [0.1, 0.15) is 31.7 Å². The predicted molar refractivity (Wildman–Crippen MR) is 124 cm³/mol. The Bertz CT molecular complexity index is 1210. The van der Waals surface area contributed by atoms with Crippen molar-refractivity contribution in [1.82, 2.24) is 9.62 Å². The lowest BCUT2D eigenvalue weighted by Crippen LogP contribution is -2.50. The number of rotatable bonds is 8. The van der Waals surface area contributed by atoms with E-state index in [-0.39, 0.29) is 29.7 Å². The number of likely N-dealkylation sites (tertiary alicyclic amines) is 1. The van der Waals surface area contributed by atoms with E-state index < -0.39 is 51.1 Å². The van der Waals surface area contributed by atoms with E-state index in [9.17, 15) is 17.6 Å². The second kappa shape index (κ2) is 9.54. The van der Waals surface area contributed by atoms with Crippen molar-refractivity contribution in [1.29, 1.82) is 0 Å². The van der Waals surface area contributed by atoms with Crippen molar-refractivity contribution < 1.29 is 26.4 Å². The van der Waals surface area contributed by atoms with Crippen LogP contribution < -0.4 is 4.72 Å². The van der Waals surface area contributed by atoms with Crippen LogP contribution in [-0.2, 0) is 21.2 Å². The molecule has 34 heavy (non-hydrogen) atoms. The molecule has 0 radical (unpaired) electrons. The molecular weight excluding hydrogens is 465 g/mol. The number of amides is 1. The molecule has 0 unspecified atom stereocenters. The number of carbonyl (C=O) groups excluding carboxylic acids is 1. The molecule has 2 aromatic rings. The van der Waals surface area contributed by atoms with Crippen LogP contribution in [-0.4, -0.2) is 49.3 Å². The lowest BCUT2D eigenvalue weighted by Gasteiger charge is -2.29. The highest BCUT2D eigenvalue weighted by atomic mass is 32.2. The van der Waals surface area contributed by atoms with Crippen molar-refractivity contribution in [2.45, 2.75) is 56.1 Å². The Morgan fingerprint density at radius 3 is 2.53 bits per heavy atom. The molecule has 4 rings (SSSR count). The molecule has 3 atom stereocenters. The maximum Gasteiger partial charge on any atom is 0.249 e. The van der Waals surface area contributed by atoms with Crippen molar-refractivity contribution in [3.8, 4) is 11.1 Å². The van der Waals surface area contributed by atoms with Gasteiger partial charge in [-0.3, -0.25) is 4.79 Å². The summed E-state index contributed by atoms with van der Waals surface area (Å²) in [6.07, 6.45) is -0.412. The first-order chi connectivity index (χ1) is 16.1. The van der Waals surface area contributed by atoms with E-state index in [1.54, 1.807) is 19.1 Å². The van der Waals surface area contributed by atoms with Crippen molar-refractivity contribution >= 4 is 15.9 Å². The second-order valence-electron chi connectivity index (χ2n) is 8.88. The van der Waals surface area contributed by atoms with Crippen molar-refractivity contribution in [2.24, 2.45) is 0 Å². The Hall–Kier alpha value is -2.65. The molecule has 9 heteroatoms. The first-order valence-corrected chi connectivity index (χ1v) is 12.8. The zero-order chi connectivity index (χ0) is 24.6. The van der Waals surface area contributed by atoms with Gasteiger partial charge in [-0.2, -0.15) is 0 Å². The summed E-state index contributed by atoms with van der Waals surface area (Å²) in [7, 11) is -3.76. The number of alkyl halides is 1.